The van der Waals surface area contributed by atoms with Crippen molar-refractivity contribution >= 4 is 66.6 Å². The summed E-state index contributed by atoms with van der Waals surface area (Å²) in [7, 11) is -10.6. The molecule has 9 nitrogen and oxygen atoms in total. The van der Waals surface area contributed by atoms with Crippen LogP contribution < -0.4 is 5.73 Å². The standard InChI is InChI=1S/C4H13NO7P2.K.H2O/c5-3-1-2-4(6,13(7,8)9)14(10,11)12;;/h6H,1-3,5H2,(H2,7,8,9)(H2,10,11,12);;1H2. The topological polar surface area (TPSA) is 193 Å². The van der Waals surface area contributed by atoms with Crippen LogP contribution in [0.25, 0.3) is 0 Å². The maximum atomic E-state index is 10.7. The average Bonchev–Trinajstić information content (AvgIpc) is 1.95. The molecule has 0 spiro atoms. The van der Waals surface area contributed by atoms with Crippen molar-refractivity contribution in [2.75, 3.05) is 6.54 Å². The molecule has 0 saturated carbocycles. The Morgan fingerprint density at radius 1 is 1.06 bits per heavy atom. The number of hydrogen-bond acceptors (Lipinski definition) is 4. The van der Waals surface area contributed by atoms with E-state index in [0.29, 0.717) is 0 Å². The van der Waals surface area contributed by atoms with E-state index in [0.717, 1.165) is 0 Å². The quantitative estimate of drug-likeness (QED) is 0.237. The molecule has 0 rings (SSSR count). The van der Waals surface area contributed by atoms with E-state index in [4.69, 9.17) is 25.3 Å². The SMILES string of the molecule is NCCCC(O)(P(=O)(O)O)P(=O)(O)O.O.[K]. The van der Waals surface area contributed by atoms with Gasteiger partial charge in [0.1, 0.15) is 0 Å². The van der Waals surface area contributed by atoms with Crippen LogP contribution in [0.4, 0.5) is 0 Å². The summed E-state index contributed by atoms with van der Waals surface area (Å²) < 4.78 is 21.4. The fourth-order valence-electron chi connectivity index (χ4n) is 0.800. The van der Waals surface area contributed by atoms with Crippen LogP contribution >= 0.6 is 15.2 Å². The summed E-state index contributed by atoms with van der Waals surface area (Å²) in [5.41, 5.74) is 5.01. The van der Waals surface area contributed by atoms with Gasteiger partial charge in [-0.1, -0.05) is 0 Å². The molecular formula is C4H15KNO8P2. The van der Waals surface area contributed by atoms with Crippen LogP contribution in [0.1, 0.15) is 12.8 Å². The Hall–Kier alpha value is 1.82. The third kappa shape index (κ3) is 5.64. The molecule has 0 unspecified atom stereocenters. The molecule has 1 radical (unpaired) electrons. The third-order valence-electron chi connectivity index (χ3n) is 1.65. The molecule has 0 aliphatic rings. The van der Waals surface area contributed by atoms with Crippen molar-refractivity contribution in [2.45, 2.75) is 17.9 Å². The fourth-order valence-corrected chi connectivity index (χ4v) is 3.06. The average molecular weight is 306 g/mol. The number of hydrogen-bond donors (Lipinski definition) is 6. The monoisotopic (exact) mass is 306 g/mol. The normalized spacial score (nSPS) is 12.6. The zero-order valence-electron chi connectivity index (χ0n) is 8.65. The van der Waals surface area contributed by atoms with E-state index in [1.807, 2.05) is 0 Å². The van der Waals surface area contributed by atoms with Gasteiger partial charge in [-0.3, -0.25) is 9.13 Å². The molecule has 95 valence electrons. The van der Waals surface area contributed by atoms with Gasteiger partial charge in [-0.25, -0.2) is 0 Å². The Labute approximate surface area is 134 Å². The van der Waals surface area contributed by atoms with Gasteiger partial charge in [-0.05, 0) is 13.0 Å². The first-order chi connectivity index (χ1) is 6.06. The Morgan fingerprint density at radius 2 is 1.38 bits per heavy atom. The van der Waals surface area contributed by atoms with E-state index in [1.165, 1.54) is 0 Å². The van der Waals surface area contributed by atoms with E-state index < -0.39 is 26.7 Å². The maximum Gasteiger partial charge on any atom is 0.369 e. The molecule has 0 aliphatic heterocycles. The van der Waals surface area contributed by atoms with Crippen LogP contribution in [0.5, 0.6) is 0 Å². The summed E-state index contributed by atoms with van der Waals surface area (Å²) >= 11 is 0. The second-order valence-electron chi connectivity index (χ2n) is 2.75. The van der Waals surface area contributed by atoms with Gasteiger partial charge in [0.25, 0.3) is 5.08 Å². The molecule has 12 heteroatoms. The van der Waals surface area contributed by atoms with Crippen LogP contribution in [0.3, 0.4) is 0 Å². The van der Waals surface area contributed by atoms with Crippen LogP contribution in [0.2, 0.25) is 0 Å². The van der Waals surface area contributed by atoms with Gasteiger partial charge in [-0.2, -0.15) is 0 Å². The number of rotatable bonds is 5. The molecule has 0 atom stereocenters. The minimum absolute atomic E-state index is 0. The van der Waals surface area contributed by atoms with Crippen LogP contribution in [-0.2, 0) is 9.13 Å². The second-order valence-corrected chi connectivity index (χ2v) is 6.76. The minimum Gasteiger partial charge on any atom is -0.412 e. The predicted octanol–water partition coefficient (Wildman–Crippen LogP) is -2.48. The molecule has 0 aromatic carbocycles. The van der Waals surface area contributed by atoms with Crippen LogP contribution in [0, 0.1) is 0 Å². The van der Waals surface area contributed by atoms with Crippen molar-refractivity contribution < 1.29 is 39.3 Å². The molecule has 9 N–H and O–H groups in total. The summed E-state index contributed by atoms with van der Waals surface area (Å²) in [5.74, 6) is 0. The first-order valence-corrected chi connectivity index (χ1v) is 6.82. The van der Waals surface area contributed by atoms with Gasteiger partial charge in [0.2, 0.25) is 0 Å². The van der Waals surface area contributed by atoms with Crippen molar-refractivity contribution in [1.82, 2.24) is 0 Å². The fraction of sp³-hybridized carbons (Fsp3) is 1.00. The van der Waals surface area contributed by atoms with Gasteiger partial charge in [0.05, 0.1) is 0 Å². The molecular weight excluding hydrogens is 291 g/mol. The molecule has 0 aliphatic carbocycles. The largest absolute Gasteiger partial charge is 0.412 e. The van der Waals surface area contributed by atoms with Gasteiger partial charge in [0.15, 0.2) is 0 Å². The smallest absolute Gasteiger partial charge is 0.369 e. The summed E-state index contributed by atoms with van der Waals surface area (Å²) in [6, 6.07) is 0. The second kappa shape index (κ2) is 8.08. The van der Waals surface area contributed by atoms with Gasteiger partial charge < -0.3 is 35.9 Å². The van der Waals surface area contributed by atoms with Crippen molar-refractivity contribution in [1.29, 1.82) is 0 Å². The molecule has 0 fully saturated rings. The maximum absolute atomic E-state index is 10.7. The van der Waals surface area contributed by atoms with E-state index in [1.54, 1.807) is 0 Å². The van der Waals surface area contributed by atoms with Crippen molar-refractivity contribution in [3.63, 3.8) is 0 Å². The van der Waals surface area contributed by atoms with Crippen molar-refractivity contribution in [2.24, 2.45) is 5.73 Å². The number of aliphatic hydroxyl groups is 1. The summed E-state index contributed by atoms with van der Waals surface area (Å²) in [6.45, 7) is -0.0394. The first kappa shape index (κ1) is 23.0. The van der Waals surface area contributed by atoms with Crippen molar-refractivity contribution in [3.8, 4) is 0 Å². The Bertz CT molecular complexity index is 264. The summed E-state index contributed by atoms with van der Waals surface area (Å²) in [6.07, 6.45) is -0.856. The first-order valence-electron chi connectivity index (χ1n) is 3.60. The van der Waals surface area contributed by atoms with E-state index in [2.05, 4.69) is 0 Å². The van der Waals surface area contributed by atoms with Crippen molar-refractivity contribution in [3.05, 3.63) is 0 Å². The molecule has 0 saturated heterocycles. The van der Waals surface area contributed by atoms with Crippen LogP contribution in [0.15, 0.2) is 0 Å². The molecule has 0 aromatic heterocycles. The molecule has 0 amide bonds. The Balaban J connectivity index is -0.000000845. The summed E-state index contributed by atoms with van der Waals surface area (Å²) in [5, 5.41) is 5.91. The third-order valence-corrected chi connectivity index (χ3v) is 5.53. The zero-order valence-corrected chi connectivity index (χ0v) is 13.6. The van der Waals surface area contributed by atoms with E-state index in [9.17, 15) is 14.2 Å². The molecule has 16 heavy (non-hydrogen) atoms. The van der Waals surface area contributed by atoms with Gasteiger partial charge in [0, 0.05) is 57.8 Å². The van der Waals surface area contributed by atoms with Crippen LogP contribution in [-0.4, -0.2) is 93.2 Å². The van der Waals surface area contributed by atoms with Gasteiger partial charge in [-0.15, -0.1) is 0 Å². The Morgan fingerprint density at radius 3 is 1.56 bits per heavy atom. The Kier molecular flexibility index (Phi) is 11.6. The zero-order chi connectivity index (χ0) is 11.6. The molecule has 0 bridgehead atoms. The van der Waals surface area contributed by atoms with E-state index >= 15 is 0 Å². The number of nitrogens with two attached hydrogens (primary N) is 1. The summed E-state index contributed by atoms with van der Waals surface area (Å²) in [4.78, 5) is 34.5. The minimum atomic E-state index is -5.30. The molecule has 0 aromatic rings. The predicted molar refractivity (Wildman–Crippen MR) is 56.7 cm³/mol. The molecule has 0 heterocycles. The van der Waals surface area contributed by atoms with E-state index in [-0.39, 0.29) is 69.8 Å². The van der Waals surface area contributed by atoms with Gasteiger partial charge >= 0.3 is 15.2 Å².